The highest BCUT2D eigenvalue weighted by atomic mass is 16.3. The summed E-state index contributed by atoms with van der Waals surface area (Å²) in [6.07, 6.45) is 4.93. The molecule has 0 saturated carbocycles. The van der Waals surface area contributed by atoms with Crippen molar-refractivity contribution in [2.24, 2.45) is 0 Å². The highest BCUT2D eigenvalue weighted by Gasteiger charge is 2.08. The van der Waals surface area contributed by atoms with Crippen LogP contribution in [0.1, 0.15) is 23.4 Å². The number of ketones is 1. The monoisotopic (exact) mass is 229 g/mol. The Morgan fingerprint density at radius 1 is 1.35 bits per heavy atom. The van der Waals surface area contributed by atoms with E-state index in [4.69, 9.17) is 4.42 Å². The summed E-state index contributed by atoms with van der Waals surface area (Å²) in [6, 6.07) is 7.58. The van der Waals surface area contributed by atoms with Crippen LogP contribution in [0.15, 0.2) is 41.1 Å². The number of furan rings is 1. The largest absolute Gasteiger partial charge is 0.469 e. The van der Waals surface area contributed by atoms with Gasteiger partial charge in [-0.25, -0.2) is 0 Å². The molecule has 2 aromatic heterocycles. The number of Topliss-reactive ketones (excluding diaryl/α,β-unsaturated/α-hetero) is 1. The van der Waals surface area contributed by atoms with E-state index in [1.165, 1.54) is 0 Å². The van der Waals surface area contributed by atoms with Crippen LogP contribution in [0.4, 0.5) is 0 Å². The minimum atomic E-state index is 0.197. The number of rotatable bonds is 5. The molecule has 0 unspecified atom stereocenters. The lowest BCUT2D eigenvalue weighted by atomic mass is 10.1. The zero-order valence-electron chi connectivity index (χ0n) is 9.85. The van der Waals surface area contributed by atoms with Crippen molar-refractivity contribution >= 4 is 5.78 Å². The van der Waals surface area contributed by atoms with Crippen molar-refractivity contribution in [2.75, 3.05) is 0 Å². The molecule has 0 aliphatic carbocycles. The lowest BCUT2D eigenvalue weighted by molar-refractivity contribution is -0.118. The summed E-state index contributed by atoms with van der Waals surface area (Å²) in [5.74, 6) is 1.05. The Hall–Kier alpha value is -1.90. The summed E-state index contributed by atoms with van der Waals surface area (Å²) in [4.78, 5) is 16.0. The molecule has 88 valence electrons. The number of hydrogen-bond acceptors (Lipinski definition) is 3. The van der Waals surface area contributed by atoms with E-state index in [9.17, 15) is 4.79 Å². The van der Waals surface area contributed by atoms with E-state index < -0.39 is 0 Å². The Bertz CT molecular complexity index is 489. The molecule has 0 atom stereocenters. The number of nitrogens with zero attached hydrogens (tertiary/aromatic N) is 1. The first-order chi connectivity index (χ1) is 8.25. The van der Waals surface area contributed by atoms with Gasteiger partial charge >= 0.3 is 0 Å². The first-order valence-electron chi connectivity index (χ1n) is 5.70. The molecule has 0 amide bonds. The second kappa shape index (κ2) is 5.43. The normalized spacial score (nSPS) is 10.4. The van der Waals surface area contributed by atoms with Crippen LogP contribution >= 0.6 is 0 Å². The smallest absolute Gasteiger partial charge is 0.139 e. The highest BCUT2D eigenvalue weighted by Crippen LogP contribution is 2.08. The molecule has 0 aliphatic rings. The van der Waals surface area contributed by atoms with Crippen molar-refractivity contribution in [3.8, 4) is 0 Å². The molecule has 0 saturated heterocycles. The first-order valence-corrected chi connectivity index (χ1v) is 5.70. The summed E-state index contributed by atoms with van der Waals surface area (Å²) in [6.45, 7) is 1.97. The number of aromatic nitrogens is 1. The van der Waals surface area contributed by atoms with Crippen LogP contribution in [-0.2, 0) is 17.6 Å². The molecular weight excluding hydrogens is 214 g/mol. The van der Waals surface area contributed by atoms with Crippen LogP contribution in [-0.4, -0.2) is 10.8 Å². The van der Waals surface area contributed by atoms with Gasteiger partial charge < -0.3 is 4.42 Å². The van der Waals surface area contributed by atoms with Crippen molar-refractivity contribution in [1.82, 2.24) is 4.98 Å². The molecule has 0 spiro atoms. The maximum Gasteiger partial charge on any atom is 0.139 e. The second-order valence-corrected chi connectivity index (χ2v) is 4.06. The fraction of sp³-hybridized carbons (Fsp3) is 0.286. The van der Waals surface area contributed by atoms with Gasteiger partial charge in [-0.1, -0.05) is 6.07 Å². The molecule has 0 aliphatic heterocycles. The fourth-order valence-corrected chi connectivity index (χ4v) is 1.70. The number of carbonyl (C=O) groups excluding carboxylic acids is 1. The third-order valence-electron chi connectivity index (χ3n) is 2.71. The van der Waals surface area contributed by atoms with Gasteiger partial charge in [0.2, 0.25) is 0 Å². The highest BCUT2D eigenvalue weighted by molar-refractivity contribution is 5.80. The lowest BCUT2D eigenvalue weighted by Gasteiger charge is -2.02. The van der Waals surface area contributed by atoms with E-state index in [2.05, 4.69) is 4.98 Å². The second-order valence-electron chi connectivity index (χ2n) is 4.06. The molecule has 2 heterocycles. The van der Waals surface area contributed by atoms with E-state index >= 15 is 0 Å². The van der Waals surface area contributed by atoms with Gasteiger partial charge in [0.25, 0.3) is 0 Å². The quantitative estimate of drug-likeness (QED) is 0.791. The standard InChI is InChI=1S/C14H15NO2/c1-11-4-2-8-15-14(11)10-12(16)6-7-13-5-3-9-17-13/h2-5,8-9H,6-7,10H2,1H3. The van der Waals surface area contributed by atoms with E-state index in [1.807, 2.05) is 31.2 Å². The summed E-state index contributed by atoms with van der Waals surface area (Å²) in [7, 11) is 0. The zero-order chi connectivity index (χ0) is 12.1. The van der Waals surface area contributed by atoms with Crippen molar-refractivity contribution in [3.05, 3.63) is 53.7 Å². The number of carbonyl (C=O) groups is 1. The van der Waals surface area contributed by atoms with Crippen LogP contribution in [0.3, 0.4) is 0 Å². The first kappa shape index (κ1) is 11.6. The topological polar surface area (TPSA) is 43.1 Å². The molecule has 0 radical (unpaired) electrons. The van der Waals surface area contributed by atoms with Gasteiger partial charge in [0.15, 0.2) is 0 Å². The lowest BCUT2D eigenvalue weighted by Crippen LogP contribution is -2.06. The molecule has 0 fully saturated rings. The van der Waals surface area contributed by atoms with Gasteiger partial charge in [0, 0.05) is 25.5 Å². The molecule has 0 aromatic carbocycles. The van der Waals surface area contributed by atoms with Crippen LogP contribution in [0.25, 0.3) is 0 Å². The van der Waals surface area contributed by atoms with Crippen LogP contribution in [0.5, 0.6) is 0 Å². The van der Waals surface area contributed by atoms with Crippen molar-refractivity contribution in [3.63, 3.8) is 0 Å². The molecule has 0 N–H and O–H groups in total. The minimum Gasteiger partial charge on any atom is -0.469 e. The number of pyridine rings is 1. The Kier molecular flexibility index (Phi) is 3.70. The third kappa shape index (κ3) is 3.28. The Balaban J connectivity index is 1.87. The number of aryl methyl sites for hydroxylation is 2. The molecule has 17 heavy (non-hydrogen) atoms. The molecule has 3 nitrogen and oxygen atoms in total. The fourth-order valence-electron chi connectivity index (χ4n) is 1.70. The van der Waals surface area contributed by atoms with Gasteiger partial charge in [0.05, 0.1) is 12.0 Å². The predicted molar refractivity (Wildman–Crippen MR) is 64.7 cm³/mol. The molecule has 2 aromatic rings. The molecule has 3 heteroatoms. The predicted octanol–water partition coefficient (Wildman–Crippen LogP) is 2.73. The molecule has 2 rings (SSSR count). The summed E-state index contributed by atoms with van der Waals surface area (Å²) in [5, 5.41) is 0. The Morgan fingerprint density at radius 2 is 2.24 bits per heavy atom. The maximum atomic E-state index is 11.8. The zero-order valence-corrected chi connectivity index (χ0v) is 9.85. The van der Waals surface area contributed by atoms with Crippen LogP contribution < -0.4 is 0 Å². The Labute approximate surface area is 100 Å². The third-order valence-corrected chi connectivity index (χ3v) is 2.71. The van der Waals surface area contributed by atoms with Gasteiger partial charge in [-0.2, -0.15) is 0 Å². The summed E-state index contributed by atoms with van der Waals surface area (Å²) >= 11 is 0. The van der Waals surface area contributed by atoms with E-state index in [0.29, 0.717) is 19.3 Å². The van der Waals surface area contributed by atoms with Gasteiger partial charge in [-0.15, -0.1) is 0 Å². The Morgan fingerprint density at radius 3 is 2.94 bits per heavy atom. The van der Waals surface area contributed by atoms with E-state index in [1.54, 1.807) is 12.5 Å². The summed E-state index contributed by atoms with van der Waals surface area (Å²) < 4.78 is 5.19. The van der Waals surface area contributed by atoms with Gasteiger partial charge in [0.1, 0.15) is 11.5 Å². The molecular formula is C14H15NO2. The van der Waals surface area contributed by atoms with Gasteiger partial charge in [-0.05, 0) is 30.7 Å². The maximum absolute atomic E-state index is 11.8. The van der Waals surface area contributed by atoms with Gasteiger partial charge in [-0.3, -0.25) is 9.78 Å². The number of hydrogen-bond donors (Lipinski definition) is 0. The van der Waals surface area contributed by atoms with Crippen LogP contribution in [0, 0.1) is 6.92 Å². The summed E-state index contributed by atoms with van der Waals surface area (Å²) in [5.41, 5.74) is 1.94. The molecule has 0 bridgehead atoms. The van der Waals surface area contributed by atoms with E-state index in [0.717, 1.165) is 17.0 Å². The minimum absolute atomic E-state index is 0.197. The van der Waals surface area contributed by atoms with E-state index in [-0.39, 0.29) is 5.78 Å². The average Bonchev–Trinajstić information content (AvgIpc) is 2.82. The van der Waals surface area contributed by atoms with Crippen LogP contribution in [0.2, 0.25) is 0 Å². The van der Waals surface area contributed by atoms with Crippen molar-refractivity contribution < 1.29 is 9.21 Å². The van der Waals surface area contributed by atoms with Crippen molar-refractivity contribution in [2.45, 2.75) is 26.2 Å². The SMILES string of the molecule is Cc1cccnc1CC(=O)CCc1ccco1. The average molecular weight is 229 g/mol. The van der Waals surface area contributed by atoms with Crippen molar-refractivity contribution in [1.29, 1.82) is 0 Å².